The lowest BCUT2D eigenvalue weighted by molar-refractivity contribution is 0.516. The summed E-state index contributed by atoms with van der Waals surface area (Å²) in [5, 5.41) is 3.22. The summed E-state index contributed by atoms with van der Waals surface area (Å²) >= 11 is 0. The van der Waals surface area contributed by atoms with Crippen LogP contribution in [0.15, 0.2) is 48.5 Å². The number of fused-ring (bicyclic) bond motifs is 1. The molecule has 0 saturated heterocycles. The smallest absolute Gasteiger partial charge is 0.123 e. The standard InChI is InChI=1S/C19H23FN2/c1-14-12-15-6-3-4-9-18(15)22(14)19(10-11-21-2)16-7-5-8-17(20)13-16/h3-9,13-14,19,21H,10-12H2,1-2H3/t14-,19+/m1/s1. The van der Waals surface area contributed by atoms with Gasteiger partial charge in [-0.2, -0.15) is 0 Å². The van der Waals surface area contributed by atoms with Crippen LogP contribution in [-0.2, 0) is 6.42 Å². The Labute approximate surface area is 132 Å². The zero-order valence-electron chi connectivity index (χ0n) is 13.2. The van der Waals surface area contributed by atoms with Gasteiger partial charge < -0.3 is 10.2 Å². The van der Waals surface area contributed by atoms with E-state index in [1.807, 2.05) is 19.2 Å². The van der Waals surface area contributed by atoms with Crippen molar-refractivity contribution >= 4 is 5.69 Å². The number of hydrogen-bond donors (Lipinski definition) is 1. The summed E-state index contributed by atoms with van der Waals surface area (Å²) in [6, 6.07) is 16.2. The Morgan fingerprint density at radius 3 is 2.82 bits per heavy atom. The quantitative estimate of drug-likeness (QED) is 0.900. The van der Waals surface area contributed by atoms with Gasteiger partial charge in [0.15, 0.2) is 0 Å². The number of halogens is 1. The first-order valence-electron chi connectivity index (χ1n) is 7.97. The maximum absolute atomic E-state index is 13.7. The Hall–Kier alpha value is -1.87. The maximum Gasteiger partial charge on any atom is 0.123 e. The highest BCUT2D eigenvalue weighted by Crippen LogP contribution is 2.39. The van der Waals surface area contributed by atoms with Gasteiger partial charge in [0.1, 0.15) is 5.82 Å². The highest BCUT2D eigenvalue weighted by Gasteiger charge is 2.32. The van der Waals surface area contributed by atoms with Crippen molar-refractivity contribution in [1.82, 2.24) is 5.32 Å². The minimum atomic E-state index is -0.160. The van der Waals surface area contributed by atoms with Gasteiger partial charge in [0.25, 0.3) is 0 Å². The Morgan fingerprint density at radius 2 is 2.05 bits per heavy atom. The average Bonchev–Trinajstić information content (AvgIpc) is 2.84. The fourth-order valence-corrected chi connectivity index (χ4v) is 3.53. The molecule has 2 aromatic carbocycles. The zero-order valence-corrected chi connectivity index (χ0v) is 13.2. The molecule has 0 unspecified atom stereocenters. The average molecular weight is 298 g/mol. The fourth-order valence-electron chi connectivity index (χ4n) is 3.53. The molecule has 0 fully saturated rings. The molecule has 2 atom stereocenters. The molecule has 1 N–H and O–H groups in total. The van der Waals surface area contributed by atoms with Gasteiger partial charge in [-0.3, -0.25) is 0 Å². The van der Waals surface area contributed by atoms with E-state index in [0.29, 0.717) is 6.04 Å². The summed E-state index contributed by atoms with van der Waals surface area (Å²) in [7, 11) is 1.96. The van der Waals surface area contributed by atoms with Crippen LogP contribution in [0.3, 0.4) is 0 Å². The van der Waals surface area contributed by atoms with Crippen molar-refractivity contribution < 1.29 is 4.39 Å². The number of rotatable bonds is 5. The second-order valence-corrected chi connectivity index (χ2v) is 6.05. The van der Waals surface area contributed by atoms with Crippen LogP contribution in [-0.4, -0.2) is 19.6 Å². The van der Waals surface area contributed by atoms with E-state index in [4.69, 9.17) is 0 Å². The SMILES string of the molecule is CNCC[C@@H](c1cccc(F)c1)N1c2ccccc2C[C@H]1C. The van der Waals surface area contributed by atoms with Gasteiger partial charge in [0, 0.05) is 11.7 Å². The zero-order chi connectivity index (χ0) is 15.5. The van der Waals surface area contributed by atoms with Crippen molar-refractivity contribution in [2.75, 3.05) is 18.5 Å². The third kappa shape index (κ3) is 2.86. The van der Waals surface area contributed by atoms with Gasteiger partial charge in [0.05, 0.1) is 6.04 Å². The largest absolute Gasteiger partial charge is 0.361 e. The monoisotopic (exact) mass is 298 g/mol. The van der Waals surface area contributed by atoms with Gasteiger partial charge in [-0.05, 0) is 62.7 Å². The predicted octanol–water partition coefficient (Wildman–Crippen LogP) is 3.93. The second kappa shape index (κ2) is 6.49. The number of para-hydroxylation sites is 1. The molecule has 0 saturated carbocycles. The molecule has 0 aliphatic carbocycles. The summed E-state index contributed by atoms with van der Waals surface area (Å²) in [6.07, 6.45) is 2.01. The summed E-state index contributed by atoms with van der Waals surface area (Å²) < 4.78 is 13.7. The van der Waals surface area contributed by atoms with Crippen molar-refractivity contribution in [2.24, 2.45) is 0 Å². The Morgan fingerprint density at radius 1 is 1.23 bits per heavy atom. The minimum absolute atomic E-state index is 0.160. The topological polar surface area (TPSA) is 15.3 Å². The van der Waals surface area contributed by atoms with Crippen molar-refractivity contribution in [3.63, 3.8) is 0 Å². The van der Waals surface area contributed by atoms with E-state index in [1.54, 1.807) is 6.07 Å². The molecule has 1 aliphatic rings. The van der Waals surface area contributed by atoms with Crippen LogP contribution >= 0.6 is 0 Å². The highest BCUT2D eigenvalue weighted by molar-refractivity contribution is 5.60. The molecule has 3 heteroatoms. The number of nitrogens with zero attached hydrogens (tertiary/aromatic N) is 1. The van der Waals surface area contributed by atoms with Crippen molar-refractivity contribution in [3.8, 4) is 0 Å². The third-order valence-corrected chi connectivity index (χ3v) is 4.50. The second-order valence-electron chi connectivity index (χ2n) is 6.05. The van der Waals surface area contributed by atoms with E-state index in [1.165, 1.54) is 17.3 Å². The Balaban J connectivity index is 1.99. The van der Waals surface area contributed by atoms with E-state index in [2.05, 4.69) is 41.4 Å². The minimum Gasteiger partial charge on any atom is -0.361 e. The van der Waals surface area contributed by atoms with Crippen molar-refractivity contribution in [1.29, 1.82) is 0 Å². The molecule has 2 nitrogen and oxygen atoms in total. The Kier molecular flexibility index (Phi) is 4.44. The first-order valence-corrected chi connectivity index (χ1v) is 7.97. The van der Waals surface area contributed by atoms with E-state index < -0.39 is 0 Å². The van der Waals surface area contributed by atoms with E-state index >= 15 is 0 Å². The molecule has 0 spiro atoms. The van der Waals surface area contributed by atoms with E-state index in [0.717, 1.165) is 24.9 Å². The molecule has 3 rings (SSSR count). The van der Waals surface area contributed by atoms with Crippen LogP contribution in [0.25, 0.3) is 0 Å². The van der Waals surface area contributed by atoms with Gasteiger partial charge in [-0.15, -0.1) is 0 Å². The number of nitrogens with one attached hydrogen (secondary N) is 1. The van der Waals surface area contributed by atoms with Crippen LogP contribution < -0.4 is 10.2 Å². The van der Waals surface area contributed by atoms with Gasteiger partial charge in [0.2, 0.25) is 0 Å². The molecule has 0 radical (unpaired) electrons. The fraction of sp³-hybridized carbons (Fsp3) is 0.368. The third-order valence-electron chi connectivity index (χ3n) is 4.50. The predicted molar refractivity (Wildman–Crippen MR) is 89.8 cm³/mol. The summed E-state index contributed by atoms with van der Waals surface area (Å²) in [5.41, 5.74) is 3.74. The van der Waals surface area contributed by atoms with Crippen LogP contribution in [0.1, 0.15) is 30.5 Å². The number of hydrogen-bond acceptors (Lipinski definition) is 2. The summed E-state index contributed by atoms with van der Waals surface area (Å²) in [5.74, 6) is -0.160. The van der Waals surface area contributed by atoms with Crippen LogP contribution in [0, 0.1) is 5.82 Å². The van der Waals surface area contributed by atoms with Crippen LogP contribution in [0.2, 0.25) is 0 Å². The van der Waals surface area contributed by atoms with Crippen molar-refractivity contribution in [3.05, 3.63) is 65.5 Å². The first kappa shape index (κ1) is 15.0. The molecule has 116 valence electrons. The summed E-state index contributed by atoms with van der Waals surface area (Å²) in [6.45, 7) is 3.16. The maximum atomic E-state index is 13.7. The summed E-state index contributed by atoms with van der Waals surface area (Å²) in [4.78, 5) is 2.46. The van der Waals surface area contributed by atoms with Crippen LogP contribution in [0.5, 0.6) is 0 Å². The Bertz CT molecular complexity index is 641. The molecule has 0 amide bonds. The molecule has 0 bridgehead atoms. The first-order chi connectivity index (χ1) is 10.7. The van der Waals surface area contributed by atoms with Crippen molar-refractivity contribution in [2.45, 2.75) is 31.8 Å². The lowest BCUT2D eigenvalue weighted by Gasteiger charge is -2.35. The van der Waals surface area contributed by atoms with E-state index in [-0.39, 0.29) is 11.9 Å². The molecule has 1 aliphatic heterocycles. The molecular formula is C19H23FN2. The highest BCUT2D eigenvalue weighted by atomic mass is 19.1. The molecular weight excluding hydrogens is 275 g/mol. The molecule has 2 aromatic rings. The van der Waals surface area contributed by atoms with Gasteiger partial charge >= 0.3 is 0 Å². The molecule has 22 heavy (non-hydrogen) atoms. The number of anilines is 1. The van der Waals surface area contributed by atoms with Gasteiger partial charge in [-0.25, -0.2) is 4.39 Å². The molecule has 0 aromatic heterocycles. The number of benzene rings is 2. The van der Waals surface area contributed by atoms with Gasteiger partial charge in [-0.1, -0.05) is 30.3 Å². The van der Waals surface area contributed by atoms with E-state index in [9.17, 15) is 4.39 Å². The normalized spacial score (nSPS) is 18.3. The lowest BCUT2D eigenvalue weighted by Crippen LogP contribution is -2.35. The lowest BCUT2D eigenvalue weighted by atomic mass is 10.0. The van der Waals surface area contributed by atoms with Crippen LogP contribution in [0.4, 0.5) is 10.1 Å². The molecule has 1 heterocycles.